The monoisotopic (exact) mass is 224 g/mol. The van der Waals surface area contributed by atoms with Crippen LogP contribution in [0, 0.1) is 0 Å². The molecule has 0 spiro atoms. The Morgan fingerprint density at radius 1 is 1.56 bits per heavy atom. The first-order valence-electron chi connectivity index (χ1n) is 4.97. The fourth-order valence-corrected chi connectivity index (χ4v) is 1.26. The Morgan fingerprint density at radius 2 is 2.25 bits per heavy atom. The van der Waals surface area contributed by atoms with Gasteiger partial charge in [0.15, 0.2) is 0 Å². The van der Waals surface area contributed by atoms with Crippen molar-refractivity contribution in [1.82, 2.24) is 5.32 Å². The first-order chi connectivity index (χ1) is 7.69. The molecule has 1 rings (SSSR count). The topological polar surface area (TPSA) is 84.6 Å². The number of aliphatic hydroxyl groups excluding tert-OH is 1. The van der Waals surface area contributed by atoms with Crippen molar-refractivity contribution in [1.29, 1.82) is 0 Å². The Morgan fingerprint density at radius 3 is 2.81 bits per heavy atom. The van der Waals surface area contributed by atoms with Gasteiger partial charge in [0.05, 0.1) is 6.61 Å². The standard InChI is InChI=1S/C11H16N2O3/c1-13-9(11(12)15)7-16-10-5-3-2-4-8(10)6-14/h2-5,9,13-14H,6-7H2,1H3,(H2,12,15). The van der Waals surface area contributed by atoms with Gasteiger partial charge in [0, 0.05) is 5.56 Å². The van der Waals surface area contributed by atoms with Gasteiger partial charge in [-0.1, -0.05) is 18.2 Å². The summed E-state index contributed by atoms with van der Waals surface area (Å²) in [4.78, 5) is 10.9. The van der Waals surface area contributed by atoms with E-state index in [0.29, 0.717) is 11.3 Å². The molecule has 0 aromatic heterocycles. The molecule has 0 saturated heterocycles. The summed E-state index contributed by atoms with van der Waals surface area (Å²) in [5.74, 6) is 0.0930. The molecule has 1 aromatic carbocycles. The summed E-state index contributed by atoms with van der Waals surface area (Å²) in [6, 6.07) is 6.56. The second-order valence-corrected chi connectivity index (χ2v) is 3.32. The summed E-state index contributed by atoms with van der Waals surface area (Å²) >= 11 is 0. The molecular formula is C11H16N2O3. The van der Waals surface area contributed by atoms with Gasteiger partial charge in [-0.15, -0.1) is 0 Å². The zero-order valence-corrected chi connectivity index (χ0v) is 9.14. The van der Waals surface area contributed by atoms with Crippen molar-refractivity contribution in [3.63, 3.8) is 0 Å². The second kappa shape index (κ2) is 6.09. The van der Waals surface area contributed by atoms with Gasteiger partial charge in [-0.3, -0.25) is 4.79 Å². The van der Waals surface area contributed by atoms with Crippen molar-refractivity contribution in [3.05, 3.63) is 29.8 Å². The van der Waals surface area contributed by atoms with E-state index in [2.05, 4.69) is 5.32 Å². The predicted molar refractivity (Wildman–Crippen MR) is 59.9 cm³/mol. The molecular weight excluding hydrogens is 208 g/mol. The molecule has 0 saturated carbocycles. The number of carbonyl (C=O) groups excluding carboxylic acids is 1. The third-order valence-corrected chi connectivity index (χ3v) is 2.24. The highest BCUT2D eigenvalue weighted by molar-refractivity contribution is 5.79. The van der Waals surface area contributed by atoms with Gasteiger partial charge in [0.1, 0.15) is 18.4 Å². The highest BCUT2D eigenvalue weighted by Crippen LogP contribution is 2.17. The number of ether oxygens (including phenoxy) is 1. The zero-order valence-electron chi connectivity index (χ0n) is 9.14. The van der Waals surface area contributed by atoms with E-state index in [4.69, 9.17) is 15.6 Å². The molecule has 0 heterocycles. The Hall–Kier alpha value is -1.59. The largest absolute Gasteiger partial charge is 0.491 e. The van der Waals surface area contributed by atoms with E-state index in [0.717, 1.165) is 0 Å². The van der Waals surface area contributed by atoms with E-state index in [1.54, 1.807) is 25.2 Å². The van der Waals surface area contributed by atoms with E-state index in [1.165, 1.54) is 0 Å². The van der Waals surface area contributed by atoms with Crippen molar-refractivity contribution in [2.45, 2.75) is 12.6 Å². The van der Waals surface area contributed by atoms with Crippen LogP contribution < -0.4 is 15.8 Å². The Labute approximate surface area is 94.2 Å². The number of likely N-dealkylation sites (N-methyl/N-ethyl adjacent to an activating group) is 1. The summed E-state index contributed by atoms with van der Waals surface area (Å²) < 4.78 is 5.42. The number of rotatable bonds is 6. The number of benzene rings is 1. The van der Waals surface area contributed by atoms with Crippen LogP contribution in [0.1, 0.15) is 5.56 Å². The van der Waals surface area contributed by atoms with Crippen molar-refractivity contribution in [2.24, 2.45) is 5.73 Å². The highest BCUT2D eigenvalue weighted by atomic mass is 16.5. The lowest BCUT2D eigenvalue weighted by Crippen LogP contribution is -2.43. The van der Waals surface area contributed by atoms with Gasteiger partial charge in [0.2, 0.25) is 5.91 Å². The first-order valence-corrected chi connectivity index (χ1v) is 4.97. The fraction of sp³-hybridized carbons (Fsp3) is 0.364. The van der Waals surface area contributed by atoms with Crippen LogP contribution in [0.25, 0.3) is 0 Å². The van der Waals surface area contributed by atoms with Crippen LogP contribution in [0.15, 0.2) is 24.3 Å². The summed E-state index contributed by atoms with van der Waals surface area (Å²) in [6.45, 7) is 0.0415. The molecule has 16 heavy (non-hydrogen) atoms. The zero-order chi connectivity index (χ0) is 12.0. The Bertz CT molecular complexity index is 355. The van der Waals surface area contributed by atoms with Gasteiger partial charge < -0.3 is 20.9 Å². The molecule has 0 aliphatic heterocycles. The summed E-state index contributed by atoms with van der Waals surface area (Å²) in [6.07, 6.45) is 0. The van der Waals surface area contributed by atoms with Crippen LogP contribution in [-0.2, 0) is 11.4 Å². The first kappa shape index (κ1) is 12.5. The quantitative estimate of drug-likeness (QED) is 0.615. The number of aliphatic hydroxyl groups is 1. The normalized spacial score (nSPS) is 12.1. The maximum atomic E-state index is 10.9. The molecule has 0 bridgehead atoms. The molecule has 4 N–H and O–H groups in total. The fourth-order valence-electron chi connectivity index (χ4n) is 1.26. The number of amides is 1. The average Bonchev–Trinajstić information content (AvgIpc) is 2.30. The van der Waals surface area contributed by atoms with Crippen LogP contribution in [0.4, 0.5) is 0 Å². The van der Waals surface area contributed by atoms with E-state index in [1.807, 2.05) is 6.07 Å². The third-order valence-electron chi connectivity index (χ3n) is 2.24. The maximum Gasteiger partial charge on any atom is 0.238 e. The van der Waals surface area contributed by atoms with Crippen LogP contribution in [0.3, 0.4) is 0 Å². The number of nitrogens with one attached hydrogen (secondary N) is 1. The smallest absolute Gasteiger partial charge is 0.238 e. The van der Waals surface area contributed by atoms with E-state index < -0.39 is 11.9 Å². The minimum absolute atomic E-state index is 0.100. The van der Waals surface area contributed by atoms with Crippen molar-refractivity contribution < 1.29 is 14.6 Å². The number of primary amides is 1. The number of nitrogens with two attached hydrogens (primary N) is 1. The molecule has 1 amide bonds. The Kier molecular flexibility index (Phi) is 4.75. The lowest BCUT2D eigenvalue weighted by atomic mass is 10.2. The molecule has 0 aliphatic rings. The SMILES string of the molecule is CNC(COc1ccccc1CO)C(N)=O. The molecule has 5 nitrogen and oxygen atoms in total. The lowest BCUT2D eigenvalue weighted by Gasteiger charge is -2.15. The minimum atomic E-state index is -0.535. The minimum Gasteiger partial charge on any atom is -0.491 e. The van der Waals surface area contributed by atoms with Crippen molar-refractivity contribution in [2.75, 3.05) is 13.7 Å². The highest BCUT2D eigenvalue weighted by Gasteiger charge is 2.13. The number of hydrogen-bond donors (Lipinski definition) is 3. The molecule has 1 unspecified atom stereocenters. The predicted octanol–water partition coefficient (Wildman–Crippen LogP) is -0.369. The molecule has 0 radical (unpaired) electrons. The third kappa shape index (κ3) is 3.22. The molecule has 5 heteroatoms. The average molecular weight is 224 g/mol. The van der Waals surface area contributed by atoms with Crippen LogP contribution >= 0.6 is 0 Å². The van der Waals surface area contributed by atoms with Crippen molar-refractivity contribution in [3.8, 4) is 5.75 Å². The summed E-state index contributed by atoms with van der Waals surface area (Å²) in [5.41, 5.74) is 5.83. The van der Waals surface area contributed by atoms with Gasteiger partial charge >= 0.3 is 0 Å². The van der Waals surface area contributed by atoms with Crippen LogP contribution in [-0.4, -0.2) is 30.7 Å². The van der Waals surface area contributed by atoms with Crippen LogP contribution in [0.2, 0.25) is 0 Å². The van der Waals surface area contributed by atoms with Gasteiger partial charge in [-0.25, -0.2) is 0 Å². The van der Waals surface area contributed by atoms with Crippen molar-refractivity contribution >= 4 is 5.91 Å². The molecule has 1 atom stereocenters. The van der Waals surface area contributed by atoms with Gasteiger partial charge in [0.25, 0.3) is 0 Å². The number of carbonyl (C=O) groups is 1. The number of hydrogen-bond acceptors (Lipinski definition) is 4. The summed E-state index contributed by atoms with van der Waals surface area (Å²) in [7, 11) is 1.64. The van der Waals surface area contributed by atoms with E-state index >= 15 is 0 Å². The van der Waals surface area contributed by atoms with Gasteiger partial charge in [-0.05, 0) is 13.1 Å². The molecule has 0 aliphatic carbocycles. The van der Waals surface area contributed by atoms with E-state index in [9.17, 15) is 4.79 Å². The lowest BCUT2D eigenvalue weighted by molar-refractivity contribution is -0.120. The number of para-hydroxylation sites is 1. The van der Waals surface area contributed by atoms with E-state index in [-0.39, 0.29) is 13.2 Å². The Balaban J connectivity index is 2.63. The second-order valence-electron chi connectivity index (χ2n) is 3.32. The maximum absolute atomic E-state index is 10.9. The van der Waals surface area contributed by atoms with Gasteiger partial charge in [-0.2, -0.15) is 0 Å². The molecule has 0 fully saturated rings. The van der Waals surface area contributed by atoms with Crippen LogP contribution in [0.5, 0.6) is 5.75 Å². The molecule has 1 aromatic rings. The molecule has 88 valence electrons. The summed E-state index contributed by atoms with van der Waals surface area (Å²) in [5, 5.41) is 11.8.